The Morgan fingerprint density at radius 1 is 0.774 bits per heavy atom. The Kier molecular flexibility index (Phi) is 9.57. The predicted molar refractivity (Wildman–Crippen MR) is 133 cm³/mol. The molecule has 0 bridgehead atoms. The smallest absolute Gasteiger partial charge is 0.0517 e. The predicted octanol–water partition coefficient (Wildman–Crippen LogP) is 5.49. The quantitative estimate of drug-likeness (QED) is 0.503. The van der Waals surface area contributed by atoms with Gasteiger partial charge in [-0.15, -0.1) is 12.4 Å². The number of rotatable bonds is 8. The normalized spacial score (nSPS) is 17.6. The van der Waals surface area contributed by atoms with E-state index in [0.29, 0.717) is 0 Å². The van der Waals surface area contributed by atoms with Crippen LogP contribution in [0.25, 0.3) is 0 Å². The molecule has 172 valence electrons. The molecule has 0 aliphatic heterocycles. The molecule has 3 nitrogen and oxygen atoms in total. The number of benzene rings is 2. The van der Waals surface area contributed by atoms with Crippen LogP contribution in [0.2, 0.25) is 0 Å². The molecule has 2 unspecified atom stereocenters. The van der Waals surface area contributed by atoms with Gasteiger partial charge in [0.25, 0.3) is 0 Å². The molecule has 3 rings (SSSR count). The lowest BCUT2D eigenvalue weighted by molar-refractivity contribution is 0.126. The van der Waals surface area contributed by atoms with E-state index in [-0.39, 0.29) is 43.0 Å². The zero-order chi connectivity index (χ0) is 21.7. The van der Waals surface area contributed by atoms with E-state index in [1.807, 2.05) is 0 Å². The molecule has 2 aromatic carbocycles. The first-order valence-electron chi connectivity index (χ1n) is 11.5. The Morgan fingerprint density at radius 3 is 1.71 bits per heavy atom. The van der Waals surface area contributed by atoms with Gasteiger partial charge in [-0.2, -0.15) is 0 Å². The first kappa shape index (κ1) is 25.9. The zero-order valence-corrected chi connectivity index (χ0v) is 20.4. The third-order valence-corrected chi connectivity index (χ3v) is 7.36. The minimum absolute atomic E-state index is 0. The summed E-state index contributed by atoms with van der Waals surface area (Å²) in [4.78, 5) is 0. The van der Waals surface area contributed by atoms with E-state index in [4.69, 9.17) is 0 Å². The highest BCUT2D eigenvalue weighted by Crippen LogP contribution is 2.42. The summed E-state index contributed by atoms with van der Waals surface area (Å²) in [6.45, 7) is 9.59. The van der Waals surface area contributed by atoms with Crippen LogP contribution < -0.4 is 5.32 Å². The lowest BCUT2D eigenvalue weighted by atomic mass is 9.68. The Labute approximate surface area is 194 Å². The summed E-state index contributed by atoms with van der Waals surface area (Å²) in [6.07, 6.45) is 5.76. The molecule has 0 spiro atoms. The largest absolute Gasteiger partial charge is 0.396 e. The second kappa shape index (κ2) is 11.5. The van der Waals surface area contributed by atoms with Crippen LogP contribution in [0.1, 0.15) is 77.3 Å². The fourth-order valence-electron chi connectivity index (χ4n) is 5.81. The van der Waals surface area contributed by atoms with Gasteiger partial charge in [-0.1, -0.05) is 55.7 Å². The lowest BCUT2D eigenvalue weighted by Crippen LogP contribution is -2.54. The topological polar surface area (TPSA) is 52.5 Å². The SMILES string of the molecule is Cc1cccc(C)c1C(CO)CNC1(C(CO)c2c(C)cccc2C)CCCCC1.Cl. The van der Waals surface area contributed by atoms with E-state index in [2.05, 4.69) is 69.4 Å². The molecule has 0 saturated heterocycles. The van der Waals surface area contributed by atoms with E-state index in [1.165, 1.54) is 52.6 Å². The van der Waals surface area contributed by atoms with Gasteiger partial charge in [-0.3, -0.25) is 0 Å². The van der Waals surface area contributed by atoms with Crippen molar-refractivity contribution in [1.82, 2.24) is 5.32 Å². The van der Waals surface area contributed by atoms with Crippen LogP contribution in [0.5, 0.6) is 0 Å². The highest BCUT2D eigenvalue weighted by atomic mass is 35.5. The third-order valence-electron chi connectivity index (χ3n) is 7.36. The minimum atomic E-state index is -0.131. The summed E-state index contributed by atoms with van der Waals surface area (Å²) in [7, 11) is 0. The maximum atomic E-state index is 10.6. The Hall–Kier alpha value is -1.39. The molecule has 31 heavy (non-hydrogen) atoms. The Bertz CT molecular complexity index is 805. The zero-order valence-electron chi connectivity index (χ0n) is 19.6. The number of hydrogen-bond donors (Lipinski definition) is 3. The van der Waals surface area contributed by atoms with Crippen LogP contribution in [0.4, 0.5) is 0 Å². The van der Waals surface area contributed by atoms with Crippen LogP contribution in [0.3, 0.4) is 0 Å². The van der Waals surface area contributed by atoms with Gasteiger partial charge in [0, 0.05) is 23.9 Å². The summed E-state index contributed by atoms with van der Waals surface area (Å²) < 4.78 is 0. The summed E-state index contributed by atoms with van der Waals surface area (Å²) in [5.41, 5.74) is 7.41. The lowest BCUT2D eigenvalue weighted by Gasteiger charge is -2.46. The average Bonchev–Trinajstić information content (AvgIpc) is 2.73. The average molecular weight is 446 g/mol. The molecule has 3 N–H and O–H groups in total. The van der Waals surface area contributed by atoms with E-state index >= 15 is 0 Å². The molecule has 0 amide bonds. The Balaban J connectivity index is 0.00000341. The van der Waals surface area contributed by atoms with Crippen LogP contribution >= 0.6 is 12.4 Å². The highest BCUT2D eigenvalue weighted by Gasteiger charge is 2.41. The van der Waals surface area contributed by atoms with Crippen molar-refractivity contribution in [3.63, 3.8) is 0 Å². The molecule has 1 aliphatic carbocycles. The molecule has 1 saturated carbocycles. The summed E-state index contributed by atoms with van der Waals surface area (Å²) in [5, 5.41) is 24.8. The Morgan fingerprint density at radius 2 is 1.26 bits per heavy atom. The van der Waals surface area contributed by atoms with Crippen molar-refractivity contribution >= 4 is 12.4 Å². The molecular formula is C27H40ClNO2. The molecular weight excluding hydrogens is 406 g/mol. The van der Waals surface area contributed by atoms with Gasteiger partial charge in [-0.25, -0.2) is 0 Å². The number of aryl methyl sites for hydroxylation is 4. The number of aliphatic hydroxyl groups is 2. The van der Waals surface area contributed by atoms with Gasteiger partial charge < -0.3 is 15.5 Å². The van der Waals surface area contributed by atoms with Gasteiger partial charge in [0.05, 0.1) is 13.2 Å². The number of aliphatic hydroxyl groups excluding tert-OH is 2. The summed E-state index contributed by atoms with van der Waals surface area (Å²) >= 11 is 0. The van der Waals surface area contributed by atoms with E-state index < -0.39 is 0 Å². The number of hydrogen-bond acceptors (Lipinski definition) is 3. The molecule has 0 heterocycles. The van der Waals surface area contributed by atoms with Crippen LogP contribution in [0, 0.1) is 27.7 Å². The fraction of sp³-hybridized carbons (Fsp3) is 0.556. The standard InChI is InChI=1S/C27H39NO2.ClH/c1-19-10-8-11-20(2)25(19)23(17-29)16-28-27(14-6-5-7-15-27)24(18-30)26-21(3)12-9-13-22(26)4;/h8-13,23-24,28-30H,5-7,14-18H2,1-4H3;1H. The number of halogens is 1. The first-order chi connectivity index (χ1) is 14.4. The van der Waals surface area contributed by atoms with Crippen molar-refractivity contribution in [1.29, 1.82) is 0 Å². The third kappa shape index (κ3) is 5.51. The van der Waals surface area contributed by atoms with Crippen LogP contribution in [0.15, 0.2) is 36.4 Å². The second-order valence-electron chi connectivity index (χ2n) is 9.32. The van der Waals surface area contributed by atoms with Gasteiger partial charge >= 0.3 is 0 Å². The first-order valence-corrected chi connectivity index (χ1v) is 11.5. The van der Waals surface area contributed by atoms with Crippen molar-refractivity contribution in [2.24, 2.45) is 0 Å². The monoisotopic (exact) mass is 445 g/mol. The number of nitrogens with one attached hydrogen (secondary N) is 1. The summed E-state index contributed by atoms with van der Waals surface area (Å²) in [5.74, 6) is 0.124. The highest BCUT2D eigenvalue weighted by molar-refractivity contribution is 5.85. The maximum absolute atomic E-state index is 10.6. The molecule has 4 heteroatoms. The van der Waals surface area contributed by atoms with E-state index in [9.17, 15) is 10.2 Å². The molecule has 2 atom stereocenters. The molecule has 1 fully saturated rings. The molecule has 1 aliphatic rings. The second-order valence-corrected chi connectivity index (χ2v) is 9.32. The van der Waals surface area contributed by atoms with E-state index in [1.54, 1.807) is 0 Å². The van der Waals surface area contributed by atoms with Gasteiger partial charge in [0.1, 0.15) is 0 Å². The fourth-order valence-corrected chi connectivity index (χ4v) is 5.81. The van der Waals surface area contributed by atoms with Crippen molar-refractivity contribution in [2.45, 2.75) is 77.2 Å². The van der Waals surface area contributed by atoms with Crippen molar-refractivity contribution in [3.05, 3.63) is 69.8 Å². The van der Waals surface area contributed by atoms with Gasteiger partial charge in [0.2, 0.25) is 0 Å². The van der Waals surface area contributed by atoms with Crippen molar-refractivity contribution < 1.29 is 10.2 Å². The van der Waals surface area contributed by atoms with Crippen LogP contribution in [-0.4, -0.2) is 35.5 Å². The van der Waals surface area contributed by atoms with Crippen LogP contribution in [-0.2, 0) is 0 Å². The minimum Gasteiger partial charge on any atom is -0.396 e. The van der Waals surface area contributed by atoms with Gasteiger partial charge in [-0.05, 0) is 73.9 Å². The maximum Gasteiger partial charge on any atom is 0.0517 e. The van der Waals surface area contributed by atoms with Gasteiger partial charge in [0.15, 0.2) is 0 Å². The van der Waals surface area contributed by atoms with Crippen molar-refractivity contribution in [3.8, 4) is 0 Å². The van der Waals surface area contributed by atoms with E-state index in [0.717, 1.165) is 19.4 Å². The molecule has 2 aromatic rings. The molecule has 0 radical (unpaired) electrons. The summed E-state index contributed by atoms with van der Waals surface area (Å²) in [6, 6.07) is 12.8. The van der Waals surface area contributed by atoms with Crippen molar-refractivity contribution in [2.75, 3.05) is 19.8 Å². The molecule has 0 aromatic heterocycles.